The summed E-state index contributed by atoms with van der Waals surface area (Å²) < 4.78 is 6.95. The average Bonchev–Trinajstić information content (AvgIpc) is 2.96. The normalized spacial score (nSPS) is 25.4. The van der Waals surface area contributed by atoms with Crippen molar-refractivity contribution in [1.82, 2.24) is 0 Å². The van der Waals surface area contributed by atoms with Crippen LogP contribution in [0.5, 0.6) is 0 Å². The third-order valence-electron chi connectivity index (χ3n) is 5.66. The maximum absolute atomic E-state index is 6.95. The molecule has 0 radical (unpaired) electrons. The summed E-state index contributed by atoms with van der Waals surface area (Å²) in [6, 6.07) is 0. The second kappa shape index (κ2) is 6.60. The maximum Gasteiger partial charge on any atom is 0.0655 e. The zero-order chi connectivity index (χ0) is 15.7. The Bertz CT molecular complexity index is 276. The molecule has 21 heavy (non-hydrogen) atoms. The first-order valence-corrected chi connectivity index (χ1v) is 9.35. The minimum absolute atomic E-state index is 0.261. The van der Waals surface area contributed by atoms with Crippen LogP contribution >= 0.6 is 0 Å². The summed E-state index contributed by atoms with van der Waals surface area (Å²) in [6.45, 7) is 14.3. The topological polar surface area (TPSA) is 9.23 Å². The molecule has 2 saturated carbocycles. The molecule has 124 valence electrons. The number of rotatable bonds is 4. The minimum Gasteiger partial charge on any atom is -0.373 e. The van der Waals surface area contributed by atoms with E-state index < -0.39 is 0 Å². The fourth-order valence-electron chi connectivity index (χ4n) is 4.72. The van der Waals surface area contributed by atoms with Gasteiger partial charge in [0.15, 0.2) is 0 Å². The summed E-state index contributed by atoms with van der Waals surface area (Å²) in [5.41, 5.74) is 0.522. The molecule has 0 N–H and O–H groups in total. The molecule has 0 aliphatic heterocycles. The van der Waals surface area contributed by atoms with Gasteiger partial charge in [0, 0.05) is 0 Å². The Balaban J connectivity index is 2.14. The summed E-state index contributed by atoms with van der Waals surface area (Å²) in [5, 5.41) is 0. The predicted octanol–water partition coefficient (Wildman–Crippen LogP) is 6.21. The van der Waals surface area contributed by atoms with Gasteiger partial charge in [-0.3, -0.25) is 0 Å². The van der Waals surface area contributed by atoms with E-state index in [1.54, 1.807) is 0 Å². The highest BCUT2D eigenvalue weighted by Crippen LogP contribution is 2.44. The van der Waals surface area contributed by atoms with Gasteiger partial charge >= 0.3 is 0 Å². The van der Waals surface area contributed by atoms with Crippen molar-refractivity contribution in [3.63, 3.8) is 0 Å². The fourth-order valence-corrected chi connectivity index (χ4v) is 4.72. The number of hydrogen-bond acceptors (Lipinski definition) is 1. The highest BCUT2D eigenvalue weighted by Gasteiger charge is 2.42. The maximum atomic E-state index is 6.95. The Morgan fingerprint density at radius 3 is 1.14 bits per heavy atom. The quantitative estimate of drug-likeness (QED) is 0.598. The van der Waals surface area contributed by atoms with Gasteiger partial charge in [0.25, 0.3) is 0 Å². The Hall–Kier alpha value is -0.0400. The SMILES string of the molecule is CC(C)(C)C(OC(C1CCCC1)C(C)(C)C)C1CCCC1. The second-order valence-corrected chi connectivity index (χ2v) is 9.80. The van der Waals surface area contributed by atoms with Crippen molar-refractivity contribution in [3.05, 3.63) is 0 Å². The Morgan fingerprint density at radius 2 is 0.905 bits per heavy atom. The summed E-state index contributed by atoms with van der Waals surface area (Å²) in [7, 11) is 0. The summed E-state index contributed by atoms with van der Waals surface area (Å²) in [6.07, 6.45) is 12.0. The van der Waals surface area contributed by atoms with E-state index in [4.69, 9.17) is 4.74 Å². The molecule has 2 atom stereocenters. The molecule has 2 aliphatic carbocycles. The van der Waals surface area contributed by atoms with Crippen molar-refractivity contribution in [1.29, 1.82) is 0 Å². The van der Waals surface area contributed by atoms with Gasteiger partial charge in [-0.05, 0) is 48.3 Å². The molecule has 1 nitrogen and oxygen atoms in total. The van der Waals surface area contributed by atoms with Crippen LogP contribution in [-0.4, -0.2) is 12.2 Å². The van der Waals surface area contributed by atoms with Crippen LogP contribution in [0.4, 0.5) is 0 Å². The lowest BCUT2D eigenvalue weighted by atomic mass is 9.77. The molecule has 0 aromatic carbocycles. The lowest BCUT2D eigenvalue weighted by molar-refractivity contribution is -0.149. The first kappa shape index (κ1) is 17.3. The van der Waals surface area contributed by atoms with Crippen molar-refractivity contribution in [2.45, 2.75) is 105 Å². The van der Waals surface area contributed by atoms with Crippen molar-refractivity contribution >= 4 is 0 Å². The van der Waals surface area contributed by atoms with Crippen molar-refractivity contribution in [3.8, 4) is 0 Å². The summed E-state index contributed by atoms with van der Waals surface area (Å²) in [5.74, 6) is 1.58. The first-order valence-electron chi connectivity index (χ1n) is 9.35. The third-order valence-corrected chi connectivity index (χ3v) is 5.66. The van der Waals surface area contributed by atoms with Gasteiger partial charge in [0.05, 0.1) is 12.2 Å². The van der Waals surface area contributed by atoms with Gasteiger partial charge in [-0.1, -0.05) is 67.2 Å². The zero-order valence-electron chi connectivity index (χ0n) is 15.4. The molecular formula is C20H38O. The average molecular weight is 295 g/mol. The van der Waals surface area contributed by atoms with E-state index in [1.807, 2.05) is 0 Å². The van der Waals surface area contributed by atoms with Crippen LogP contribution in [0.25, 0.3) is 0 Å². The van der Waals surface area contributed by atoms with Crippen LogP contribution in [0.1, 0.15) is 92.9 Å². The molecular weight excluding hydrogens is 256 g/mol. The number of hydrogen-bond donors (Lipinski definition) is 0. The molecule has 2 fully saturated rings. The van der Waals surface area contributed by atoms with E-state index in [9.17, 15) is 0 Å². The molecule has 0 aromatic rings. The van der Waals surface area contributed by atoms with Crippen molar-refractivity contribution in [2.75, 3.05) is 0 Å². The van der Waals surface area contributed by atoms with E-state index in [-0.39, 0.29) is 10.8 Å². The molecule has 0 spiro atoms. The van der Waals surface area contributed by atoms with Crippen molar-refractivity contribution < 1.29 is 4.74 Å². The van der Waals surface area contributed by atoms with Gasteiger partial charge in [0.2, 0.25) is 0 Å². The molecule has 0 heterocycles. The highest BCUT2D eigenvalue weighted by molar-refractivity contribution is 4.90. The van der Waals surface area contributed by atoms with Crippen LogP contribution in [-0.2, 0) is 4.74 Å². The van der Waals surface area contributed by atoms with Crippen LogP contribution in [0.2, 0.25) is 0 Å². The van der Waals surface area contributed by atoms with Crippen molar-refractivity contribution in [2.24, 2.45) is 22.7 Å². The van der Waals surface area contributed by atoms with E-state index in [0.717, 1.165) is 11.8 Å². The molecule has 0 aromatic heterocycles. The number of ether oxygens (including phenoxy) is 1. The minimum atomic E-state index is 0.261. The standard InChI is InChI=1S/C20H38O/c1-19(2,3)17(15-11-7-8-12-15)21-18(20(4,5)6)16-13-9-10-14-16/h15-18H,7-14H2,1-6H3. The Morgan fingerprint density at radius 1 is 0.619 bits per heavy atom. The molecule has 2 rings (SSSR count). The molecule has 0 bridgehead atoms. The molecule has 2 aliphatic rings. The predicted molar refractivity (Wildman–Crippen MR) is 91.5 cm³/mol. The zero-order valence-corrected chi connectivity index (χ0v) is 15.4. The Kier molecular flexibility index (Phi) is 5.45. The lowest BCUT2D eigenvalue weighted by Gasteiger charge is -2.44. The summed E-state index contributed by atoms with van der Waals surface area (Å²) >= 11 is 0. The second-order valence-electron chi connectivity index (χ2n) is 9.80. The van der Waals surface area contributed by atoms with Gasteiger partial charge in [-0.15, -0.1) is 0 Å². The van der Waals surface area contributed by atoms with E-state index in [1.165, 1.54) is 51.4 Å². The van der Waals surface area contributed by atoms with Crippen LogP contribution in [0, 0.1) is 22.7 Å². The molecule has 1 heteroatoms. The first-order chi connectivity index (χ1) is 9.69. The largest absolute Gasteiger partial charge is 0.373 e. The fraction of sp³-hybridized carbons (Fsp3) is 1.00. The van der Waals surface area contributed by atoms with Gasteiger partial charge in [-0.25, -0.2) is 0 Å². The van der Waals surface area contributed by atoms with Crippen LogP contribution in [0.3, 0.4) is 0 Å². The third kappa shape index (κ3) is 4.47. The lowest BCUT2D eigenvalue weighted by Crippen LogP contribution is -2.45. The Labute approximate surface area is 133 Å². The molecule has 0 amide bonds. The smallest absolute Gasteiger partial charge is 0.0655 e. The van der Waals surface area contributed by atoms with Gasteiger partial charge < -0.3 is 4.74 Å². The molecule has 2 unspecified atom stereocenters. The molecule has 0 saturated heterocycles. The van der Waals surface area contributed by atoms with E-state index in [0.29, 0.717) is 12.2 Å². The summed E-state index contributed by atoms with van der Waals surface area (Å²) in [4.78, 5) is 0. The van der Waals surface area contributed by atoms with Gasteiger partial charge in [-0.2, -0.15) is 0 Å². The van der Waals surface area contributed by atoms with E-state index >= 15 is 0 Å². The van der Waals surface area contributed by atoms with Gasteiger partial charge in [0.1, 0.15) is 0 Å². The van der Waals surface area contributed by atoms with Crippen LogP contribution in [0.15, 0.2) is 0 Å². The monoisotopic (exact) mass is 294 g/mol. The highest BCUT2D eigenvalue weighted by atomic mass is 16.5. The van der Waals surface area contributed by atoms with Crippen LogP contribution < -0.4 is 0 Å². The van der Waals surface area contributed by atoms with E-state index in [2.05, 4.69) is 41.5 Å².